The van der Waals surface area contributed by atoms with Gasteiger partial charge in [-0.25, -0.2) is 18.5 Å². The number of aromatic nitrogens is 1. The minimum atomic E-state index is -3.74. The first-order valence-corrected chi connectivity index (χ1v) is 11.1. The molecule has 2 N–H and O–H groups in total. The Balaban J connectivity index is 1.44. The Bertz CT molecular complexity index is 1040. The van der Waals surface area contributed by atoms with Gasteiger partial charge in [0.2, 0.25) is 15.8 Å². The Hall–Kier alpha value is -2.77. The summed E-state index contributed by atoms with van der Waals surface area (Å²) in [5.41, 5.74) is 1.97. The van der Waals surface area contributed by atoms with Crippen LogP contribution in [0.2, 0.25) is 0 Å². The minimum Gasteiger partial charge on any atom is -0.434 e. The van der Waals surface area contributed by atoms with Crippen LogP contribution in [0.3, 0.4) is 0 Å². The molecule has 3 aromatic rings. The molecule has 0 atom stereocenters. The number of hydrogen-bond acceptors (Lipinski definition) is 5. The number of Topliss-reactive ketones (excluding diaryl/α,β-unsaturated/α-hetero) is 1. The molecule has 0 saturated carbocycles. The lowest BCUT2D eigenvalue weighted by atomic mass is 10.0. The third-order valence-electron chi connectivity index (χ3n) is 4.67. The minimum absolute atomic E-state index is 0.0179. The summed E-state index contributed by atoms with van der Waals surface area (Å²) >= 11 is 0. The summed E-state index contributed by atoms with van der Waals surface area (Å²) in [6, 6.07) is 16.3. The fourth-order valence-electron chi connectivity index (χ4n) is 3.07. The molecule has 0 aliphatic rings. The van der Waals surface area contributed by atoms with E-state index in [4.69, 9.17) is 9.56 Å². The highest BCUT2D eigenvalue weighted by Crippen LogP contribution is 2.23. The van der Waals surface area contributed by atoms with Crippen LogP contribution < -0.4 is 5.14 Å². The number of nitrogens with two attached hydrogens (primary N) is 1. The third kappa shape index (κ3) is 6.10. The summed E-state index contributed by atoms with van der Waals surface area (Å²) in [7, 11) is -3.74. The average Bonchev–Trinajstić information content (AvgIpc) is 3.21. The van der Waals surface area contributed by atoms with Crippen LogP contribution in [0.15, 0.2) is 70.1 Å². The van der Waals surface area contributed by atoms with E-state index in [1.807, 2.05) is 18.2 Å². The predicted octanol–water partition coefficient (Wildman–Crippen LogP) is 4.36. The molecule has 0 aliphatic heterocycles. The average molecular weight is 413 g/mol. The molecule has 0 saturated heterocycles. The zero-order valence-electron chi connectivity index (χ0n) is 16.1. The SMILES string of the molecule is NS(=O)(=O)c1ccc(-c2cnc(C(=O)CCCCCCc3ccccc3)o2)cc1. The van der Waals surface area contributed by atoms with Crippen molar-refractivity contribution in [3.63, 3.8) is 0 Å². The fourth-order valence-corrected chi connectivity index (χ4v) is 3.58. The Morgan fingerprint density at radius 2 is 1.62 bits per heavy atom. The summed E-state index contributed by atoms with van der Waals surface area (Å²) in [5.74, 6) is 0.373. The van der Waals surface area contributed by atoms with Gasteiger partial charge in [0.1, 0.15) is 0 Å². The maximum absolute atomic E-state index is 12.3. The van der Waals surface area contributed by atoms with Gasteiger partial charge in [-0.15, -0.1) is 0 Å². The van der Waals surface area contributed by atoms with Crippen LogP contribution in [0.4, 0.5) is 0 Å². The number of carbonyl (C=O) groups excluding carboxylic acids is 1. The summed E-state index contributed by atoms with van der Waals surface area (Å²) in [6.07, 6.45) is 6.90. The van der Waals surface area contributed by atoms with Crippen molar-refractivity contribution in [2.75, 3.05) is 0 Å². The molecule has 1 aromatic heterocycles. The molecule has 2 aromatic carbocycles. The van der Waals surface area contributed by atoms with E-state index >= 15 is 0 Å². The van der Waals surface area contributed by atoms with E-state index in [2.05, 4.69) is 17.1 Å². The predicted molar refractivity (Wildman–Crippen MR) is 111 cm³/mol. The number of benzene rings is 2. The van der Waals surface area contributed by atoms with Crippen molar-refractivity contribution in [3.8, 4) is 11.3 Å². The van der Waals surface area contributed by atoms with Crippen molar-refractivity contribution in [1.82, 2.24) is 4.98 Å². The molecule has 0 amide bonds. The molecule has 0 bridgehead atoms. The van der Waals surface area contributed by atoms with Gasteiger partial charge in [0.15, 0.2) is 5.76 Å². The molecular weight excluding hydrogens is 388 g/mol. The number of unbranched alkanes of at least 4 members (excludes halogenated alkanes) is 3. The molecule has 29 heavy (non-hydrogen) atoms. The molecule has 0 fully saturated rings. The van der Waals surface area contributed by atoms with Crippen LogP contribution in [-0.4, -0.2) is 19.2 Å². The number of carbonyl (C=O) groups is 1. The van der Waals surface area contributed by atoms with Gasteiger partial charge < -0.3 is 4.42 Å². The summed E-state index contributed by atoms with van der Waals surface area (Å²) < 4.78 is 28.2. The Morgan fingerprint density at radius 1 is 0.931 bits per heavy atom. The van der Waals surface area contributed by atoms with Crippen LogP contribution in [0, 0.1) is 0 Å². The number of nitrogens with zero attached hydrogens (tertiary/aromatic N) is 1. The maximum atomic E-state index is 12.3. The van der Waals surface area contributed by atoms with Crippen LogP contribution in [0.5, 0.6) is 0 Å². The Kier molecular flexibility index (Phi) is 6.95. The second-order valence-corrected chi connectivity index (χ2v) is 8.48. The molecule has 152 valence electrons. The molecule has 0 radical (unpaired) electrons. The first kappa shape index (κ1) is 21.0. The van der Waals surface area contributed by atoms with Crippen LogP contribution in [0.25, 0.3) is 11.3 Å². The molecule has 0 unspecified atom stereocenters. The maximum Gasteiger partial charge on any atom is 0.263 e. The second-order valence-electron chi connectivity index (χ2n) is 6.92. The Labute approximate surface area is 170 Å². The van der Waals surface area contributed by atoms with Crippen molar-refractivity contribution in [2.24, 2.45) is 5.14 Å². The molecule has 1 heterocycles. The number of rotatable bonds is 10. The van der Waals surface area contributed by atoms with Gasteiger partial charge in [-0.2, -0.15) is 0 Å². The van der Waals surface area contributed by atoms with Crippen molar-refractivity contribution in [1.29, 1.82) is 0 Å². The standard InChI is InChI=1S/C22H24N2O4S/c23-29(26,27)19-14-12-18(13-15-19)21-16-24-22(28-21)20(25)11-7-2-1-4-8-17-9-5-3-6-10-17/h3,5-6,9-10,12-16H,1-2,4,7-8,11H2,(H2,23,26,27). The first-order valence-electron chi connectivity index (χ1n) is 9.60. The van der Waals surface area contributed by atoms with E-state index < -0.39 is 10.0 Å². The van der Waals surface area contributed by atoms with Crippen molar-refractivity contribution in [3.05, 3.63) is 72.2 Å². The zero-order chi connectivity index (χ0) is 20.7. The van der Waals surface area contributed by atoms with Gasteiger partial charge in [-0.3, -0.25) is 4.79 Å². The molecule has 6 nitrogen and oxygen atoms in total. The quantitative estimate of drug-likeness (QED) is 0.393. The van der Waals surface area contributed by atoms with Crippen LogP contribution in [-0.2, 0) is 16.4 Å². The highest BCUT2D eigenvalue weighted by Gasteiger charge is 2.15. The molecule has 7 heteroatoms. The van der Waals surface area contributed by atoms with E-state index in [1.54, 1.807) is 12.1 Å². The van der Waals surface area contributed by atoms with E-state index in [9.17, 15) is 13.2 Å². The summed E-state index contributed by atoms with van der Waals surface area (Å²) in [4.78, 5) is 16.4. The second kappa shape index (κ2) is 9.62. The monoisotopic (exact) mass is 412 g/mol. The van der Waals surface area contributed by atoms with E-state index in [1.165, 1.54) is 23.9 Å². The summed E-state index contributed by atoms with van der Waals surface area (Å²) in [6.45, 7) is 0. The largest absolute Gasteiger partial charge is 0.434 e. The lowest BCUT2D eigenvalue weighted by Gasteiger charge is -2.02. The zero-order valence-corrected chi connectivity index (χ0v) is 16.9. The highest BCUT2D eigenvalue weighted by atomic mass is 32.2. The van der Waals surface area contributed by atoms with E-state index in [-0.39, 0.29) is 16.6 Å². The van der Waals surface area contributed by atoms with Gasteiger partial charge >= 0.3 is 0 Å². The smallest absolute Gasteiger partial charge is 0.263 e. The number of aryl methyl sites for hydroxylation is 1. The van der Waals surface area contributed by atoms with Crippen LogP contribution >= 0.6 is 0 Å². The number of primary sulfonamides is 1. The van der Waals surface area contributed by atoms with Crippen molar-refractivity contribution in [2.45, 2.75) is 43.4 Å². The fraction of sp³-hybridized carbons (Fsp3) is 0.273. The molecule has 0 spiro atoms. The van der Waals surface area contributed by atoms with Crippen molar-refractivity contribution < 1.29 is 17.6 Å². The topological polar surface area (TPSA) is 103 Å². The number of ketones is 1. The van der Waals surface area contributed by atoms with E-state index in [0.29, 0.717) is 17.7 Å². The number of oxazole rings is 1. The third-order valence-corrected chi connectivity index (χ3v) is 5.60. The lowest BCUT2D eigenvalue weighted by molar-refractivity contribution is 0.0946. The van der Waals surface area contributed by atoms with Gasteiger partial charge in [0.25, 0.3) is 5.89 Å². The molecule has 0 aliphatic carbocycles. The molecule has 3 rings (SSSR count). The van der Waals surface area contributed by atoms with Crippen LogP contribution in [0.1, 0.15) is 48.4 Å². The van der Waals surface area contributed by atoms with Gasteiger partial charge in [0, 0.05) is 12.0 Å². The van der Waals surface area contributed by atoms with Crippen molar-refractivity contribution >= 4 is 15.8 Å². The molecular formula is C22H24N2O4S. The van der Waals surface area contributed by atoms with E-state index in [0.717, 1.165) is 32.1 Å². The first-order chi connectivity index (χ1) is 13.9. The van der Waals surface area contributed by atoms with Gasteiger partial charge in [-0.05, 0) is 49.1 Å². The highest BCUT2D eigenvalue weighted by molar-refractivity contribution is 7.89. The normalized spacial score (nSPS) is 11.5. The Morgan fingerprint density at radius 3 is 2.31 bits per heavy atom. The number of sulfonamides is 1. The summed E-state index contributed by atoms with van der Waals surface area (Å²) in [5, 5.41) is 5.09. The van der Waals surface area contributed by atoms with Gasteiger partial charge in [0.05, 0.1) is 11.1 Å². The lowest BCUT2D eigenvalue weighted by Crippen LogP contribution is -2.11. The number of hydrogen-bond donors (Lipinski definition) is 1. The van der Waals surface area contributed by atoms with Gasteiger partial charge in [-0.1, -0.05) is 43.2 Å².